The third-order valence-electron chi connectivity index (χ3n) is 4.67. The molecule has 0 saturated heterocycles. The van der Waals surface area contributed by atoms with E-state index in [-0.39, 0.29) is 17.6 Å². The molecule has 6 nitrogen and oxygen atoms in total. The highest BCUT2D eigenvalue weighted by Crippen LogP contribution is 2.32. The second-order valence-corrected chi connectivity index (χ2v) is 7.34. The molecule has 4 rings (SSSR count). The molecule has 4 aromatic rings. The topological polar surface area (TPSA) is 74.1 Å². The van der Waals surface area contributed by atoms with Gasteiger partial charge >= 0.3 is 5.97 Å². The zero-order valence-corrected chi connectivity index (χ0v) is 17.2. The lowest BCUT2D eigenvalue weighted by atomic mass is 10.1. The van der Waals surface area contributed by atoms with E-state index in [9.17, 15) is 9.59 Å². The fourth-order valence-corrected chi connectivity index (χ4v) is 4.05. The lowest BCUT2D eigenvalue weighted by molar-refractivity contribution is 0.0524. The number of halogens is 1. The number of nitrogens with zero attached hydrogens (tertiary/aromatic N) is 3. The van der Waals surface area contributed by atoms with Crippen LogP contribution in [0, 0.1) is 5.82 Å². The Bertz CT molecular complexity index is 1300. The molecule has 3 aromatic heterocycles. The van der Waals surface area contributed by atoms with Crippen LogP contribution in [0.2, 0.25) is 0 Å². The highest BCUT2D eigenvalue weighted by Gasteiger charge is 2.20. The molecule has 0 radical (unpaired) electrons. The van der Waals surface area contributed by atoms with E-state index in [1.54, 1.807) is 23.8 Å². The van der Waals surface area contributed by atoms with Crippen LogP contribution in [-0.4, -0.2) is 27.1 Å². The summed E-state index contributed by atoms with van der Waals surface area (Å²) >= 11 is 1.30. The normalized spacial score (nSPS) is 11.0. The Labute approximate surface area is 175 Å². The number of carbonyl (C=O) groups is 1. The Morgan fingerprint density at radius 2 is 2.07 bits per heavy atom. The maximum atomic E-state index is 15.0. The maximum absolute atomic E-state index is 15.0. The SMILES string of the molecule is CCOC(=O)c1cn(CC)c2cc(-c3nc(-c4ccccn4)cs3)c(F)cc2c1=O. The molecule has 1 aromatic carbocycles. The summed E-state index contributed by atoms with van der Waals surface area (Å²) in [6.07, 6.45) is 3.14. The molecule has 0 N–H and O–H groups in total. The monoisotopic (exact) mass is 423 g/mol. The molecule has 0 atom stereocenters. The number of thiazole rings is 1. The summed E-state index contributed by atoms with van der Waals surface area (Å²) in [4.78, 5) is 33.7. The molecule has 0 aliphatic rings. The third kappa shape index (κ3) is 3.50. The van der Waals surface area contributed by atoms with Gasteiger partial charge in [-0.15, -0.1) is 11.3 Å². The second kappa shape index (κ2) is 8.16. The molecule has 0 unspecified atom stereocenters. The number of ether oxygens (including phenoxy) is 1. The van der Waals surface area contributed by atoms with Gasteiger partial charge in [-0.05, 0) is 38.1 Å². The lowest BCUT2D eigenvalue weighted by Gasteiger charge is -2.12. The first-order chi connectivity index (χ1) is 14.5. The summed E-state index contributed by atoms with van der Waals surface area (Å²) in [7, 11) is 0. The number of carbonyl (C=O) groups excluding carboxylic acids is 1. The first-order valence-corrected chi connectivity index (χ1v) is 10.3. The van der Waals surface area contributed by atoms with Gasteiger partial charge in [-0.25, -0.2) is 14.2 Å². The molecule has 0 saturated carbocycles. The number of benzene rings is 1. The van der Waals surface area contributed by atoms with Crippen LogP contribution in [-0.2, 0) is 11.3 Å². The van der Waals surface area contributed by atoms with Crippen molar-refractivity contribution in [1.29, 1.82) is 0 Å². The predicted octanol–water partition coefficient (Wildman–Crippen LogP) is 4.52. The van der Waals surface area contributed by atoms with Crippen LogP contribution in [0.4, 0.5) is 4.39 Å². The zero-order valence-electron chi connectivity index (χ0n) is 16.4. The molecule has 0 fully saturated rings. The van der Waals surface area contributed by atoms with Gasteiger partial charge in [-0.3, -0.25) is 9.78 Å². The molecular weight excluding hydrogens is 405 g/mol. The zero-order chi connectivity index (χ0) is 21.3. The second-order valence-electron chi connectivity index (χ2n) is 6.48. The molecule has 152 valence electrons. The van der Waals surface area contributed by atoms with Crippen molar-refractivity contribution in [3.63, 3.8) is 0 Å². The van der Waals surface area contributed by atoms with Crippen LogP contribution in [0.5, 0.6) is 0 Å². The Balaban J connectivity index is 1.87. The van der Waals surface area contributed by atoms with Crippen molar-refractivity contribution < 1.29 is 13.9 Å². The van der Waals surface area contributed by atoms with Crippen LogP contribution < -0.4 is 5.43 Å². The van der Waals surface area contributed by atoms with E-state index in [0.29, 0.717) is 34.0 Å². The summed E-state index contributed by atoms with van der Waals surface area (Å²) in [6, 6.07) is 8.28. The van der Waals surface area contributed by atoms with Crippen LogP contribution in [0.15, 0.2) is 52.9 Å². The van der Waals surface area contributed by atoms with Crippen LogP contribution >= 0.6 is 11.3 Å². The molecule has 0 aliphatic carbocycles. The molecule has 30 heavy (non-hydrogen) atoms. The molecule has 0 amide bonds. The highest BCUT2D eigenvalue weighted by atomic mass is 32.1. The summed E-state index contributed by atoms with van der Waals surface area (Å²) in [6.45, 7) is 4.19. The predicted molar refractivity (Wildman–Crippen MR) is 114 cm³/mol. The first-order valence-electron chi connectivity index (χ1n) is 9.44. The fourth-order valence-electron chi connectivity index (χ4n) is 3.22. The van der Waals surface area contributed by atoms with Gasteiger partial charge in [0.15, 0.2) is 0 Å². The molecule has 0 aliphatic heterocycles. The van der Waals surface area contributed by atoms with Crippen molar-refractivity contribution in [3.8, 4) is 22.0 Å². The van der Waals surface area contributed by atoms with Gasteiger partial charge in [0.25, 0.3) is 0 Å². The smallest absolute Gasteiger partial charge is 0.343 e. The van der Waals surface area contributed by atoms with Gasteiger partial charge < -0.3 is 9.30 Å². The minimum atomic E-state index is -0.712. The van der Waals surface area contributed by atoms with Crippen LogP contribution in [0.3, 0.4) is 0 Å². The lowest BCUT2D eigenvalue weighted by Crippen LogP contribution is -2.21. The van der Waals surface area contributed by atoms with Gasteiger partial charge in [-0.2, -0.15) is 0 Å². The minimum Gasteiger partial charge on any atom is -0.462 e. The van der Waals surface area contributed by atoms with Gasteiger partial charge in [-0.1, -0.05) is 6.07 Å². The minimum absolute atomic E-state index is 0.106. The Morgan fingerprint density at radius 3 is 2.77 bits per heavy atom. The average Bonchev–Trinajstić information content (AvgIpc) is 3.25. The van der Waals surface area contributed by atoms with Gasteiger partial charge in [0.2, 0.25) is 5.43 Å². The van der Waals surface area contributed by atoms with E-state index in [1.807, 2.05) is 30.5 Å². The van der Waals surface area contributed by atoms with Crippen molar-refractivity contribution in [1.82, 2.24) is 14.5 Å². The van der Waals surface area contributed by atoms with E-state index in [2.05, 4.69) is 9.97 Å². The standard InChI is InChI=1S/C22H18FN3O3S/c1-3-26-11-15(22(28)29-4-2)20(27)14-9-16(23)13(10-19(14)26)21-25-18(12-30-21)17-7-5-6-8-24-17/h5-12H,3-4H2,1-2H3. The largest absolute Gasteiger partial charge is 0.462 e. The van der Waals surface area contributed by atoms with E-state index in [1.165, 1.54) is 23.6 Å². The quantitative estimate of drug-likeness (QED) is 0.441. The van der Waals surface area contributed by atoms with Crippen LogP contribution in [0.25, 0.3) is 32.9 Å². The summed E-state index contributed by atoms with van der Waals surface area (Å²) < 4.78 is 21.7. The van der Waals surface area contributed by atoms with Crippen molar-refractivity contribution >= 4 is 28.2 Å². The Kier molecular flexibility index (Phi) is 5.41. The first kappa shape index (κ1) is 19.9. The average molecular weight is 423 g/mol. The van der Waals surface area contributed by atoms with Crippen molar-refractivity contribution in [3.05, 3.63) is 69.7 Å². The number of pyridine rings is 2. The molecule has 8 heteroatoms. The van der Waals surface area contributed by atoms with Crippen molar-refractivity contribution in [2.75, 3.05) is 6.61 Å². The van der Waals surface area contributed by atoms with E-state index in [4.69, 9.17) is 4.74 Å². The number of fused-ring (bicyclic) bond motifs is 1. The molecule has 0 spiro atoms. The van der Waals surface area contributed by atoms with Gasteiger partial charge in [0, 0.05) is 35.3 Å². The number of hydrogen-bond donors (Lipinski definition) is 0. The molecule has 0 bridgehead atoms. The van der Waals surface area contributed by atoms with Gasteiger partial charge in [0.1, 0.15) is 22.1 Å². The third-order valence-corrected chi connectivity index (χ3v) is 5.54. The Hall–Kier alpha value is -3.39. The fraction of sp³-hybridized carbons (Fsp3) is 0.182. The van der Waals surface area contributed by atoms with E-state index in [0.717, 1.165) is 0 Å². The maximum Gasteiger partial charge on any atom is 0.343 e. The van der Waals surface area contributed by atoms with Crippen molar-refractivity contribution in [2.24, 2.45) is 0 Å². The Morgan fingerprint density at radius 1 is 1.23 bits per heavy atom. The van der Waals surface area contributed by atoms with Gasteiger partial charge in [0.05, 0.1) is 17.8 Å². The summed E-state index contributed by atoms with van der Waals surface area (Å²) in [5.74, 6) is -1.29. The summed E-state index contributed by atoms with van der Waals surface area (Å²) in [5.41, 5.74) is 1.52. The molecule has 3 heterocycles. The number of esters is 1. The number of aryl methyl sites for hydroxylation is 1. The van der Waals surface area contributed by atoms with Crippen LogP contribution in [0.1, 0.15) is 24.2 Å². The summed E-state index contributed by atoms with van der Waals surface area (Å²) in [5, 5.41) is 2.43. The number of aromatic nitrogens is 3. The highest BCUT2D eigenvalue weighted by molar-refractivity contribution is 7.13. The van der Waals surface area contributed by atoms with Crippen molar-refractivity contribution in [2.45, 2.75) is 20.4 Å². The number of hydrogen-bond acceptors (Lipinski definition) is 6. The van der Waals surface area contributed by atoms with E-state index < -0.39 is 17.2 Å². The molecular formula is C22H18FN3O3S. The number of rotatable bonds is 5. The van der Waals surface area contributed by atoms with E-state index >= 15 is 4.39 Å².